The Morgan fingerprint density at radius 3 is 2.21 bits per heavy atom. The molecule has 0 spiro atoms. The monoisotopic (exact) mass is 199 g/mol. The minimum atomic E-state index is -0.395. The molecule has 0 aliphatic carbocycles. The predicted molar refractivity (Wildman–Crippen MR) is 56.1 cm³/mol. The standard InChI is InChI=1S/C11H21NO2/c1-10(2,3)9(13)14-11(4)5-7-12-8-6-11/h12H,5-8H2,1-4H3. The molecule has 82 valence electrons. The van der Waals surface area contributed by atoms with Crippen LogP contribution in [0.2, 0.25) is 0 Å². The van der Waals surface area contributed by atoms with Crippen molar-refractivity contribution in [2.75, 3.05) is 13.1 Å². The Bertz CT molecular complexity index is 212. The van der Waals surface area contributed by atoms with E-state index in [0.717, 1.165) is 25.9 Å². The highest BCUT2D eigenvalue weighted by Crippen LogP contribution is 2.26. The highest BCUT2D eigenvalue weighted by Gasteiger charge is 2.34. The van der Waals surface area contributed by atoms with E-state index in [2.05, 4.69) is 5.32 Å². The third kappa shape index (κ3) is 2.98. The number of nitrogens with one attached hydrogen (secondary N) is 1. The zero-order valence-corrected chi connectivity index (χ0v) is 9.64. The van der Waals surface area contributed by atoms with Crippen LogP contribution in [0.3, 0.4) is 0 Å². The summed E-state index contributed by atoms with van der Waals surface area (Å²) in [6.07, 6.45) is 1.82. The van der Waals surface area contributed by atoms with Crippen LogP contribution in [-0.4, -0.2) is 24.7 Å². The van der Waals surface area contributed by atoms with Gasteiger partial charge in [0.15, 0.2) is 0 Å². The van der Waals surface area contributed by atoms with E-state index in [1.54, 1.807) is 0 Å². The normalized spacial score (nSPS) is 21.7. The summed E-state index contributed by atoms with van der Waals surface area (Å²) in [6.45, 7) is 9.57. The molecule has 1 N–H and O–H groups in total. The Balaban J connectivity index is 2.54. The maximum atomic E-state index is 11.7. The van der Waals surface area contributed by atoms with Crippen molar-refractivity contribution in [3.63, 3.8) is 0 Å². The minimum absolute atomic E-state index is 0.0955. The van der Waals surface area contributed by atoms with E-state index < -0.39 is 5.41 Å². The first-order valence-electron chi connectivity index (χ1n) is 5.28. The van der Waals surface area contributed by atoms with Gasteiger partial charge < -0.3 is 10.1 Å². The Morgan fingerprint density at radius 2 is 1.79 bits per heavy atom. The summed E-state index contributed by atoms with van der Waals surface area (Å²) in [5, 5.41) is 3.26. The fraction of sp³-hybridized carbons (Fsp3) is 0.909. The first-order chi connectivity index (χ1) is 6.33. The van der Waals surface area contributed by atoms with Crippen molar-refractivity contribution in [1.82, 2.24) is 5.32 Å². The van der Waals surface area contributed by atoms with Crippen LogP contribution in [0.4, 0.5) is 0 Å². The van der Waals surface area contributed by atoms with E-state index >= 15 is 0 Å². The lowest BCUT2D eigenvalue weighted by atomic mass is 9.92. The summed E-state index contributed by atoms with van der Waals surface area (Å²) in [7, 11) is 0. The van der Waals surface area contributed by atoms with Gasteiger partial charge in [-0.2, -0.15) is 0 Å². The van der Waals surface area contributed by atoms with Gasteiger partial charge in [-0.25, -0.2) is 0 Å². The van der Waals surface area contributed by atoms with Crippen molar-refractivity contribution in [1.29, 1.82) is 0 Å². The zero-order valence-electron chi connectivity index (χ0n) is 9.64. The van der Waals surface area contributed by atoms with Gasteiger partial charge >= 0.3 is 5.97 Å². The number of hydrogen-bond donors (Lipinski definition) is 1. The van der Waals surface area contributed by atoms with Gasteiger partial charge in [0.1, 0.15) is 5.60 Å². The second kappa shape index (κ2) is 3.89. The second-order valence-corrected chi connectivity index (χ2v) is 5.34. The number of esters is 1. The van der Waals surface area contributed by atoms with Crippen molar-refractivity contribution in [3.8, 4) is 0 Å². The van der Waals surface area contributed by atoms with Crippen LogP contribution in [0, 0.1) is 5.41 Å². The average Bonchev–Trinajstić information content (AvgIpc) is 2.02. The van der Waals surface area contributed by atoms with E-state index in [1.165, 1.54) is 0 Å². The summed E-state index contributed by atoms with van der Waals surface area (Å²) in [5.41, 5.74) is -0.649. The SMILES string of the molecule is CC1(OC(=O)C(C)(C)C)CCNCC1. The lowest BCUT2D eigenvalue weighted by molar-refractivity contribution is -0.170. The smallest absolute Gasteiger partial charge is 0.311 e. The summed E-state index contributed by atoms with van der Waals surface area (Å²) in [5.74, 6) is -0.0955. The summed E-state index contributed by atoms with van der Waals surface area (Å²) >= 11 is 0. The molecule has 0 aromatic carbocycles. The largest absolute Gasteiger partial charge is 0.459 e. The minimum Gasteiger partial charge on any atom is -0.459 e. The topological polar surface area (TPSA) is 38.3 Å². The number of carbonyl (C=O) groups excluding carboxylic acids is 1. The molecular formula is C11H21NO2. The van der Waals surface area contributed by atoms with E-state index in [0.29, 0.717) is 0 Å². The molecule has 0 radical (unpaired) electrons. The molecule has 1 aliphatic heterocycles. The Morgan fingerprint density at radius 1 is 1.29 bits per heavy atom. The van der Waals surface area contributed by atoms with Gasteiger partial charge in [0, 0.05) is 0 Å². The maximum absolute atomic E-state index is 11.7. The van der Waals surface area contributed by atoms with Gasteiger partial charge in [-0.05, 0) is 53.6 Å². The number of ether oxygens (including phenoxy) is 1. The van der Waals surface area contributed by atoms with Crippen LogP contribution in [0.1, 0.15) is 40.5 Å². The Hall–Kier alpha value is -0.570. The summed E-state index contributed by atoms with van der Waals surface area (Å²) in [4.78, 5) is 11.7. The predicted octanol–water partition coefficient (Wildman–Crippen LogP) is 1.72. The van der Waals surface area contributed by atoms with Crippen LogP contribution in [0.5, 0.6) is 0 Å². The Labute approximate surface area is 86.2 Å². The van der Waals surface area contributed by atoms with E-state index in [9.17, 15) is 4.79 Å². The van der Waals surface area contributed by atoms with Crippen LogP contribution in [0.15, 0.2) is 0 Å². The van der Waals surface area contributed by atoms with Gasteiger partial charge in [0.2, 0.25) is 0 Å². The lowest BCUT2D eigenvalue weighted by Gasteiger charge is -2.35. The van der Waals surface area contributed by atoms with Crippen LogP contribution in [-0.2, 0) is 9.53 Å². The van der Waals surface area contributed by atoms with Gasteiger partial charge in [0.05, 0.1) is 5.41 Å². The van der Waals surface area contributed by atoms with Crippen molar-refractivity contribution in [2.24, 2.45) is 5.41 Å². The number of hydrogen-bond acceptors (Lipinski definition) is 3. The molecule has 0 bridgehead atoms. The van der Waals surface area contributed by atoms with Gasteiger partial charge in [0.25, 0.3) is 0 Å². The fourth-order valence-electron chi connectivity index (χ4n) is 1.43. The van der Waals surface area contributed by atoms with Gasteiger partial charge in [-0.3, -0.25) is 4.79 Å². The molecule has 0 unspecified atom stereocenters. The van der Waals surface area contributed by atoms with Crippen LogP contribution < -0.4 is 5.32 Å². The van der Waals surface area contributed by atoms with Crippen molar-refractivity contribution < 1.29 is 9.53 Å². The molecule has 1 heterocycles. The first-order valence-corrected chi connectivity index (χ1v) is 5.28. The van der Waals surface area contributed by atoms with Crippen LogP contribution >= 0.6 is 0 Å². The molecule has 0 amide bonds. The molecule has 14 heavy (non-hydrogen) atoms. The molecule has 3 nitrogen and oxygen atoms in total. The van der Waals surface area contributed by atoms with Crippen molar-refractivity contribution >= 4 is 5.97 Å². The molecule has 0 aromatic rings. The number of carbonyl (C=O) groups is 1. The zero-order chi connectivity index (χ0) is 10.8. The molecule has 1 aliphatic rings. The Kier molecular flexibility index (Phi) is 3.20. The second-order valence-electron chi connectivity index (χ2n) is 5.34. The lowest BCUT2D eigenvalue weighted by Crippen LogP contribution is -2.44. The van der Waals surface area contributed by atoms with E-state index in [-0.39, 0.29) is 11.6 Å². The average molecular weight is 199 g/mol. The van der Waals surface area contributed by atoms with Gasteiger partial charge in [-0.1, -0.05) is 0 Å². The molecule has 0 atom stereocenters. The summed E-state index contributed by atoms with van der Waals surface area (Å²) in [6, 6.07) is 0. The molecule has 0 saturated carbocycles. The van der Waals surface area contributed by atoms with Crippen molar-refractivity contribution in [3.05, 3.63) is 0 Å². The molecule has 0 aromatic heterocycles. The molecular weight excluding hydrogens is 178 g/mol. The molecule has 1 fully saturated rings. The highest BCUT2D eigenvalue weighted by atomic mass is 16.6. The number of rotatable bonds is 1. The highest BCUT2D eigenvalue weighted by molar-refractivity contribution is 5.75. The number of piperidine rings is 1. The summed E-state index contributed by atoms with van der Waals surface area (Å²) < 4.78 is 5.56. The molecule has 1 rings (SSSR count). The molecule has 1 saturated heterocycles. The fourth-order valence-corrected chi connectivity index (χ4v) is 1.43. The van der Waals surface area contributed by atoms with Crippen molar-refractivity contribution in [2.45, 2.75) is 46.1 Å². The third-order valence-corrected chi connectivity index (χ3v) is 2.61. The van der Waals surface area contributed by atoms with E-state index in [4.69, 9.17) is 4.74 Å². The van der Waals surface area contributed by atoms with E-state index in [1.807, 2.05) is 27.7 Å². The first kappa shape index (κ1) is 11.5. The maximum Gasteiger partial charge on any atom is 0.311 e. The third-order valence-electron chi connectivity index (χ3n) is 2.61. The molecule has 3 heteroatoms. The van der Waals surface area contributed by atoms with Crippen LogP contribution in [0.25, 0.3) is 0 Å². The quantitative estimate of drug-likeness (QED) is 0.653. The van der Waals surface area contributed by atoms with Gasteiger partial charge in [-0.15, -0.1) is 0 Å².